The van der Waals surface area contributed by atoms with E-state index in [0.717, 1.165) is 32.7 Å². The van der Waals surface area contributed by atoms with Crippen molar-refractivity contribution in [3.8, 4) is 16.9 Å². The molecule has 0 bridgehead atoms. The van der Waals surface area contributed by atoms with Gasteiger partial charge >= 0.3 is 0 Å². The van der Waals surface area contributed by atoms with Gasteiger partial charge in [-0.25, -0.2) is 4.68 Å². The van der Waals surface area contributed by atoms with E-state index in [1.807, 2.05) is 89.7 Å². The molecule has 1 aromatic heterocycles. The first kappa shape index (κ1) is 18.5. The van der Waals surface area contributed by atoms with Gasteiger partial charge in [0.2, 0.25) is 0 Å². The molecule has 138 valence electrons. The van der Waals surface area contributed by atoms with Crippen molar-refractivity contribution in [2.75, 3.05) is 5.43 Å². The maximum Gasteiger partial charge on any atom is 0.102 e. The van der Waals surface area contributed by atoms with Gasteiger partial charge in [-0.15, -0.1) is 0 Å². The molecule has 0 fully saturated rings. The number of anilines is 1. The van der Waals surface area contributed by atoms with Gasteiger partial charge in [0.25, 0.3) is 0 Å². The summed E-state index contributed by atoms with van der Waals surface area (Å²) in [6, 6.07) is 25.5. The van der Waals surface area contributed by atoms with Crippen LogP contribution in [0.2, 0.25) is 5.02 Å². The lowest BCUT2D eigenvalue weighted by Gasteiger charge is -2.02. The Morgan fingerprint density at radius 2 is 1.64 bits per heavy atom. The molecule has 4 aromatic rings. The highest BCUT2D eigenvalue weighted by Gasteiger charge is 2.11. The van der Waals surface area contributed by atoms with E-state index in [0.29, 0.717) is 5.02 Å². The summed E-state index contributed by atoms with van der Waals surface area (Å²) < 4.78 is 2.88. The highest BCUT2D eigenvalue weighted by atomic mass is 79.9. The summed E-state index contributed by atoms with van der Waals surface area (Å²) >= 11 is 9.65. The van der Waals surface area contributed by atoms with E-state index >= 15 is 0 Å². The topological polar surface area (TPSA) is 42.2 Å². The van der Waals surface area contributed by atoms with Crippen LogP contribution < -0.4 is 5.43 Å². The minimum Gasteiger partial charge on any atom is -0.277 e. The van der Waals surface area contributed by atoms with Crippen LogP contribution >= 0.6 is 27.5 Å². The Kier molecular flexibility index (Phi) is 5.55. The van der Waals surface area contributed by atoms with Crippen molar-refractivity contribution in [2.24, 2.45) is 5.10 Å². The first-order valence-corrected chi connectivity index (χ1v) is 9.82. The quantitative estimate of drug-likeness (QED) is 0.282. The number of hydrazone groups is 1. The number of hydrogen-bond donors (Lipinski definition) is 1. The molecular formula is C22H16BrClN4. The van der Waals surface area contributed by atoms with Crippen LogP contribution in [0.4, 0.5) is 5.69 Å². The number of nitrogens with one attached hydrogen (secondary N) is 1. The normalized spacial score (nSPS) is 11.1. The zero-order chi connectivity index (χ0) is 19.3. The fourth-order valence-electron chi connectivity index (χ4n) is 2.75. The molecule has 0 atom stereocenters. The van der Waals surface area contributed by atoms with Gasteiger partial charge in [0.15, 0.2) is 0 Å². The van der Waals surface area contributed by atoms with Gasteiger partial charge in [0.1, 0.15) is 5.69 Å². The Labute approximate surface area is 176 Å². The van der Waals surface area contributed by atoms with E-state index in [-0.39, 0.29) is 0 Å². The fourth-order valence-corrected chi connectivity index (χ4v) is 3.19. The molecule has 3 aromatic carbocycles. The molecule has 0 aliphatic rings. The Morgan fingerprint density at radius 1 is 0.929 bits per heavy atom. The van der Waals surface area contributed by atoms with Crippen LogP contribution in [0.1, 0.15) is 5.56 Å². The Balaban J connectivity index is 1.70. The van der Waals surface area contributed by atoms with Gasteiger partial charge in [-0.05, 0) is 36.4 Å². The fraction of sp³-hybridized carbons (Fsp3) is 0. The zero-order valence-corrected chi connectivity index (χ0v) is 17.1. The number of nitrogens with zero attached hydrogens (tertiary/aromatic N) is 3. The van der Waals surface area contributed by atoms with Gasteiger partial charge in [-0.2, -0.15) is 10.2 Å². The molecule has 4 rings (SSSR count). The molecule has 0 aliphatic carbocycles. The first-order valence-electron chi connectivity index (χ1n) is 8.65. The number of rotatable bonds is 5. The largest absolute Gasteiger partial charge is 0.277 e. The molecule has 0 saturated heterocycles. The molecule has 0 spiro atoms. The lowest BCUT2D eigenvalue weighted by molar-refractivity contribution is 0.884. The molecule has 0 saturated carbocycles. The van der Waals surface area contributed by atoms with Gasteiger partial charge in [-0.1, -0.05) is 70.0 Å². The Morgan fingerprint density at radius 3 is 2.39 bits per heavy atom. The molecule has 0 aliphatic heterocycles. The van der Waals surface area contributed by atoms with E-state index in [1.165, 1.54) is 0 Å². The minimum atomic E-state index is 0.618. The number of aromatic nitrogens is 2. The van der Waals surface area contributed by atoms with Crippen LogP contribution in [-0.2, 0) is 0 Å². The Hall–Kier alpha value is -2.89. The minimum absolute atomic E-state index is 0.618. The maximum absolute atomic E-state index is 6.17. The number of para-hydroxylation sites is 2. The standard InChI is InChI=1S/C22H16BrClN4/c23-18-12-10-16(11-13-18)22-17(14-25-26-21-9-5-4-8-20(21)24)15-28(27-22)19-6-2-1-3-7-19/h1-15,26H. The van der Waals surface area contributed by atoms with E-state index < -0.39 is 0 Å². The van der Waals surface area contributed by atoms with E-state index in [9.17, 15) is 0 Å². The molecule has 0 radical (unpaired) electrons. The molecule has 28 heavy (non-hydrogen) atoms. The third-order valence-corrected chi connectivity index (χ3v) is 5.00. The number of hydrogen-bond acceptors (Lipinski definition) is 3. The van der Waals surface area contributed by atoms with Crippen molar-refractivity contribution >= 4 is 39.4 Å². The summed E-state index contributed by atoms with van der Waals surface area (Å²) in [5.74, 6) is 0. The second kappa shape index (κ2) is 8.42. The number of halogens is 2. The van der Waals surface area contributed by atoms with Crippen LogP contribution in [0.3, 0.4) is 0 Å². The first-order chi connectivity index (χ1) is 13.7. The third-order valence-electron chi connectivity index (χ3n) is 4.14. The van der Waals surface area contributed by atoms with Gasteiger partial charge in [0.05, 0.1) is 22.6 Å². The highest BCUT2D eigenvalue weighted by molar-refractivity contribution is 9.10. The van der Waals surface area contributed by atoms with Gasteiger partial charge in [-0.3, -0.25) is 5.43 Å². The molecule has 1 heterocycles. The second-order valence-electron chi connectivity index (χ2n) is 6.07. The summed E-state index contributed by atoms with van der Waals surface area (Å²) in [6.45, 7) is 0. The summed E-state index contributed by atoms with van der Waals surface area (Å²) in [7, 11) is 0. The summed E-state index contributed by atoms with van der Waals surface area (Å²) in [4.78, 5) is 0. The van der Waals surface area contributed by atoms with E-state index in [2.05, 4.69) is 26.5 Å². The molecule has 4 nitrogen and oxygen atoms in total. The molecule has 6 heteroatoms. The van der Waals surface area contributed by atoms with Crippen molar-refractivity contribution in [1.82, 2.24) is 9.78 Å². The van der Waals surface area contributed by atoms with Crippen LogP contribution in [-0.4, -0.2) is 16.0 Å². The van der Waals surface area contributed by atoms with E-state index in [4.69, 9.17) is 16.7 Å². The lowest BCUT2D eigenvalue weighted by atomic mass is 10.1. The third kappa shape index (κ3) is 4.16. The summed E-state index contributed by atoms with van der Waals surface area (Å²) in [5.41, 5.74) is 7.48. The summed E-state index contributed by atoms with van der Waals surface area (Å²) in [5, 5.41) is 9.76. The zero-order valence-electron chi connectivity index (χ0n) is 14.8. The summed E-state index contributed by atoms with van der Waals surface area (Å²) in [6.07, 6.45) is 3.72. The van der Waals surface area contributed by atoms with Crippen molar-refractivity contribution in [3.05, 3.63) is 100 Å². The molecule has 1 N–H and O–H groups in total. The average Bonchev–Trinajstić information content (AvgIpc) is 3.15. The number of benzene rings is 3. The molecule has 0 unspecified atom stereocenters. The molecule has 0 amide bonds. The monoisotopic (exact) mass is 450 g/mol. The predicted octanol–water partition coefficient (Wildman–Crippen LogP) is 6.40. The van der Waals surface area contributed by atoms with Crippen molar-refractivity contribution in [1.29, 1.82) is 0 Å². The van der Waals surface area contributed by atoms with Crippen LogP contribution in [0.15, 0.2) is 94.6 Å². The van der Waals surface area contributed by atoms with Gasteiger partial charge < -0.3 is 0 Å². The van der Waals surface area contributed by atoms with Crippen LogP contribution in [0.5, 0.6) is 0 Å². The second-order valence-corrected chi connectivity index (χ2v) is 7.39. The van der Waals surface area contributed by atoms with Crippen LogP contribution in [0, 0.1) is 0 Å². The Bertz CT molecular complexity index is 1110. The predicted molar refractivity (Wildman–Crippen MR) is 119 cm³/mol. The van der Waals surface area contributed by atoms with Crippen LogP contribution in [0.25, 0.3) is 16.9 Å². The van der Waals surface area contributed by atoms with Crippen molar-refractivity contribution in [3.63, 3.8) is 0 Å². The van der Waals surface area contributed by atoms with E-state index in [1.54, 1.807) is 6.21 Å². The maximum atomic E-state index is 6.17. The van der Waals surface area contributed by atoms with Crippen molar-refractivity contribution in [2.45, 2.75) is 0 Å². The SMILES string of the molecule is Clc1ccccc1NN=Cc1cn(-c2ccccc2)nc1-c1ccc(Br)cc1. The van der Waals surface area contributed by atoms with Crippen molar-refractivity contribution < 1.29 is 0 Å². The molecular weight excluding hydrogens is 436 g/mol. The van der Waals surface area contributed by atoms with Gasteiger partial charge in [0, 0.05) is 21.8 Å². The average molecular weight is 452 g/mol. The smallest absolute Gasteiger partial charge is 0.102 e. The highest BCUT2D eigenvalue weighted by Crippen LogP contribution is 2.25. The lowest BCUT2D eigenvalue weighted by Crippen LogP contribution is -1.93.